The zero-order valence-corrected chi connectivity index (χ0v) is 9.69. The first-order valence-corrected chi connectivity index (χ1v) is 5.90. The van der Waals surface area contributed by atoms with Gasteiger partial charge in [-0.2, -0.15) is 0 Å². The predicted molar refractivity (Wildman–Crippen MR) is 65.4 cm³/mol. The molecule has 2 rings (SSSR count). The summed E-state index contributed by atoms with van der Waals surface area (Å²) >= 11 is 0. The fraction of sp³-hybridized carbons (Fsp3) is 0.462. The number of anilines is 1. The van der Waals surface area contributed by atoms with Crippen LogP contribution in [0.4, 0.5) is 5.69 Å². The maximum atomic E-state index is 10.7. The lowest BCUT2D eigenvalue weighted by atomic mass is 10.1. The number of hydrogen-bond acceptors (Lipinski definition) is 3. The normalized spacial score (nSPS) is 19.2. The molecule has 1 fully saturated rings. The molecule has 0 aromatic heterocycles. The molecule has 1 saturated heterocycles. The van der Waals surface area contributed by atoms with Gasteiger partial charge < -0.3 is 15.2 Å². The molecule has 1 heterocycles. The average molecular weight is 235 g/mol. The molecule has 0 bridgehead atoms. The molecular formula is C13H17NO3. The Kier molecular flexibility index (Phi) is 3.98. The topological polar surface area (TPSA) is 58.6 Å². The molecule has 1 aliphatic rings. The Morgan fingerprint density at radius 2 is 2.18 bits per heavy atom. The first-order valence-electron chi connectivity index (χ1n) is 5.90. The predicted octanol–water partition coefficient (Wildman–Crippen LogP) is 2.22. The molecule has 1 aromatic carbocycles. The first kappa shape index (κ1) is 11.9. The number of rotatable bonds is 5. The summed E-state index contributed by atoms with van der Waals surface area (Å²) in [4.78, 5) is 10.7. The summed E-state index contributed by atoms with van der Waals surface area (Å²) in [7, 11) is 0. The van der Waals surface area contributed by atoms with Gasteiger partial charge >= 0.3 is 5.97 Å². The highest BCUT2D eigenvalue weighted by Gasteiger charge is 2.14. The van der Waals surface area contributed by atoms with E-state index in [0.717, 1.165) is 38.3 Å². The molecule has 92 valence electrons. The summed E-state index contributed by atoms with van der Waals surface area (Å²) in [6.07, 6.45) is 2.25. The van der Waals surface area contributed by atoms with E-state index >= 15 is 0 Å². The van der Waals surface area contributed by atoms with Crippen molar-refractivity contribution in [2.45, 2.75) is 12.8 Å². The van der Waals surface area contributed by atoms with Crippen molar-refractivity contribution in [1.29, 1.82) is 0 Å². The fourth-order valence-electron chi connectivity index (χ4n) is 1.96. The monoisotopic (exact) mass is 235 g/mol. The summed E-state index contributed by atoms with van der Waals surface area (Å²) in [5.41, 5.74) is 1.29. The van der Waals surface area contributed by atoms with Gasteiger partial charge in [-0.25, -0.2) is 4.79 Å². The molecule has 0 aliphatic carbocycles. The zero-order valence-electron chi connectivity index (χ0n) is 9.69. The Hall–Kier alpha value is -1.55. The summed E-state index contributed by atoms with van der Waals surface area (Å²) in [5, 5.41) is 12.1. The Morgan fingerprint density at radius 1 is 1.41 bits per heavy atom. The van der Waals surface area contributed by atoms with Gasteiger partial charge in [0.1, 0.15) is 0 Å². The molecule has 2 N–H and O–H groups in total. The van der Waals surface area contributed by atoms with Crippen molar-refractivity contribution in [3.05, 3.63) is 29.8 Å². The second-order valence-electron chi connectivity index (χ2n) is 4.33. The molecule has 0 radical (unpaired) electrons. The number of nitrogens with one attached hydrogen (secondary N) is 1. The summed E-state index contributed by atoms with van der Waals surface area (Å²) in [6, 6.07) is 6.83. The standard InChI is InChI=1S/C13H17NO3/c15-13(16)11-1-3-12(4-2-11)14-7-5-10-6-8-17-9-10/h1-4,10,14H,5-9H2,(H,15,16). The van der Waals surface area contributed by atoms with Gasteiger partial charge in [0, 0.05) is 25.4 Å². The van der Waals surface area contributed by atoms with Gasteiger partial charge in [0.05, 0.1) is 5.56 Å². The Balaban J connectivity index is 1.76. The van der Waals surface area contributed by atoms with Crippen LogP contribution in [0.5, 0.6) is 0 Å². The van der Waals surface area contributed by atoms with Crippen LogP contribution in [0.1, 0.15) is 23.2 Å². The van der Waals surface area contributed by atoms with E-state index in [4.69, 9.17) is 9.84 Å². The van der Waals surface area contributed by atoms with E-state index in [1.165, 1.54) is 0 Å². The highest BCUT2D eigenvalue weighted by Crippen LogP contribution is 2.16. The lowest BCUT2D eigenvalue weighted by Crippen LogP contribution is -2.09. The van der Waals surface area contributed by atoms with Gasteiger partial charge in [-0.05, 0) is 43.0 Å². The third-order valence-corrected chi connectivity index (χ3v) is 3.04. The van der Waals surface area contributed by atoms with Crippen LogP contribution >= 0.6 is 0 Å². The first-order chi connectivity index (χ1) is 8.25. The van der Waals surface area contributed by atoms with Gasteiger partial charge in [0.25, 0.3) is 0 Å². The number of aromatic carboxylic acids is 1. The third kappa shape index (κ3) is 3.46. The number of carbonyl (C=O) groups is 1. The summed E-state index contributed by atoms with van der Waals surface area (Å²) < 4.78 is 5.31. The van der Waals surface area contributed by atoms with Crippen LogP contribution in [0.15, 0.2) is 24.3 Å². The van der Waals surface area contributed by atoms with Crippen molar-refractivity contribution in [2.24, 2.45) is 5.92 Å². The van der Waals surface area contributed by atoms with Gasteiger partial charge in [-0.1, -0.05) is 0 Å². The van der Waals surface area contributed by atoms with Crippen molar-refractivity contribution in [1.82, 2.24) is 0 Å². The SMILES string of the molecule is O=C(O)c1ccc(NCCC2CCOC2)cc1. The number of hydrogen-bond donors (Lipinski definition) is 2. The summed E-state index contributed by atoms with van der Waals surface area (Å²) in [6.45, 7) is 2.66. The highest BCUT2D eigenvalue weighted by atomic mass is 16.5. The lowest BCUT2D eigenvalue weighted by Gasteiger charge is -2.09. The van der Waals surface area contributed by atoms with Crippen LogP contribution < -0.4 is 5.32 Å². The maximum absolute atomic E-state index is 10.7. The molecule has 1 unspecified atom stereocenters. The minimum Gasteiger partial charge on any atom is -0.478 e. The highest BCUT2D eigenvalue weighted by molar-refractivity contribution is 5.87. The maximum Gasteiger partial charge on any atom is 0.335 e. The largest absolute Gasteiger partial charge is 0.478 e. The summed E-state index contributed by atoms with van der Waals surface area (Å²) in [5.74, 6) is -0.222. The number of benzene rings is 1. The number of carboxylic acid groups (broad SMARTS) is 1. The molecule has 1 atom stereocenters. The number of ether oxygens (including phenoxy) is 1. The van der Waals surface area contributed by atoms with E-state index in [1.54, 1.807) is 24.3 Å². The van der Waals surface area contributed by atoms with E-state index in [9.17, 15) is 4.79 Å². The molecule has 4 heteroatoms. The van der Waals surface area contributed by atoms with Crippen molar-refractivity contribution in [3.63, 3.8) is 0 Å². The van der Waals surface area contributed by atoms with Crippen molar-refractivity contribution < 1.29 is 14.6 Å². The van der Waals surface area contributed by atoms with Crippen LogP contribution in [-0.4, -0.2) is 30.8 Å². The van der Waals surface area contributed by atoms with E-state index in [1.807, 2.05) is 0 Å². The molecule has 0 spiro atoms. The van der Waals surface area contributed by atoms with Crippen molar-refractivity contribution in [2.75, 3.05) is 25.1 Å². The average Bonchev–Trinajstić information content (AvgIpc) is 2.83. The molecule has 1 aliphatic heterocycles. The second-order valence-corrected chi connectivity index (χ2v) is 4.33. The van der Waals surface area contributed by atoms with E-state index < -0.39 is 5.97 Å². The molecule has 0 saturated carbocycles. The van der Waals surface area contributed by atoms with Crippen molar-refractivity contribution >= 4 is 11.7 Å². The van der Waals surface area contributed by atoms with Crippen molar-refractivity contribution in [3.8, 4) is 0 Å². The quantitative estimate of drug-likeness (QED) is 0.821. The van der Waals surface area contributed by atoms with Crippen LogP contribution in [0.2, 0.25) is 0 Å². The second kappa shape index (κ2) is 5.68. The minimum absolute atomic E-state index is 0.319. The van der Waals surface area contributed by atoms with E-state index in [2.05, 4.69) is 5.32 Å². The molecular weight excluding hydrogens is 218 g/mol. The van der Waals surface area contributed by atoms with E-state index in [0.29, 0.717) is 11.5 Å². The van der Waals surface area contributed by atoms with E-state index in [-0.39, 0.29) is 0 Å². The van der Waals surface area contributed by atoms with Gasteiger partial charge in [-0.15, -0.1) is 0 Å². The van der Waals surface area contributed by atoms with Gasteiger partial charge in [0.15, 0.2) is 0 Å². The van der Waals surface area contributed by atoms with Gasteiger partial charge in [0.2, 0.25) is 0 Å². The van der Waals surface area contributed by atoms with Crippen LogP contribution in [0.25, 0.3) is 0 Å². The Morgan fingerprint density at radius 3 is 2.76 bits per heavy atom. The third-order valence-electron chi connectivity index (χ3n) is 3.04. The molecule has 17 heavy (non-hydrogen) atoms. The van der Waals surface area contributed by atoms with Crippen LogP contribution in [-0.2, 0) is 4.74 Å². The molecule has 0 amide bonds. The van der Waals surface area contributed by atoms with Crippen LogP contribution in [0.3, 0.4) is 0 Å². The zero-order chi connectivity index (χ0) is 12.1. The van der Waals surface area contributed by atoms with Gasteiger partial charge in [-0.3, -0.25) is 0 Å². The molecule has 1 aromatic rings. The Bertz CT molecular complexity index is 369. The van der Waals surface area contributed by atoms with Crippen LogP contribution in [0, 0.1) is 5.92 Å². The fourth-order valence-corrected chi connectivity index (χ4v) is 1.96. The lowest BCUT2D eigenvalue weighted by molar-refractivity contribution is 0.0697. The molecule has 4 nitrogen and oxygen atoms in total. The minimum atomic E-state index is -0.889. The smallest absolute Gasteiger partial charge is 0.335 e. The Labute approximate surface area is 101 Å². The number of carboxylic acids is 1.